The number of aliphatic hydroxyl groups excluding tert-OH is 1. The van der Waals surface area contributed by atoms with Crippen LogP contribution < -0.4 is 5.32 Å². The number of carbonyl (C=O) groups is 1. The number of phenols is 1. The van der Waals surface area contributed by atoms with E-state index in [0.29, 0.717) is 23.0 Å². The molecule has 0 unspecified atom stereocenters. The summed E-state index contributed by atoms with van der Waals surface area (Å²) in [5.41, 5.74) is 8.07. The number of ether oxygens (including phenoxy) is 2. The van der Waals surface area contributed by atoms with Crippen molar-refractivity contribution in [1.29, 1.82) is 0 Å². The zero-order valence-corrected chi connectivity index (χ0v) is 30.6. The zero-order chi connectivity index (χ0) is 37.7. The van der Waals surface area contributed by atoms with Gasteiger partial charge in [-0.3, -0.25) is 9.78 Å². The number of para-hydroxylation sites is 2. The van der Waals surface area contributed by atoms with Gasteiger partial charge in [-0.25, -0.2) is 4.98 Å². The number of nitrogens with one attached hydrogen (secondary N) is 1. The Hall–Kier alpha value is -5.99. The molecule has 3 heterocycles. The average Bonchev–Trinajstić information content (AvgIpc) is 3.71. The van der Waals surface area contributed by atoms with Crippen LogP contribution in [-0.2, 0) is 22.6 Å². The molecule has 1 amide bonds. The maximum Gasteiger partial charge on any atom is 0.271 e. The molecule has 0 spiro atoms. The smallest absolute Gasteiger partial charge is 0.271 e. The van der Waals surface area contributed by atoms with Crippen molar-refractivity contribution in [1.82, 2.24) is 35.5 Å². The number of tetrazole rings is 1. The highest BCUT2D eigenvalue weighted by atomic mass is 32.2. The van der Waals surface area contributed by atoms with Crippen molar-refractivity contribution in [3.8, 4) is 22.6 Å². The van der Waals surface area contributed by atoms with Crippen molar-refractivity contribution in [3.05, 3.63) is 155 Å². The van der Waals surface area contributed by atoms with E-state index in [0.717, 1.165) is 44.6 Å². The van der Waals surface area contributed by atoms with Crippen LogP contribution in [0.4, 0.5) is 0 Å². The van der Waals surface area contributed by atoms with Crippen LogP contribution in [0, 0.1) is 5.92 Å². The van der Waals surface area contributed by atoms with E-state index < -0.39 is 6.29 Å². The lowest BCUT2D eigenvalue weighted by Crippen LogP contribution is -2.38. The first-order valence-corrected chi connectivity index (χ1v) is 18.8. The molecule has 0 aliphatic carbocycles. The fourth-order valence-corrected chi connectivity index (χ4v) is 7.58. The number of amides is 1. The molecule has 0 radical (unpaired) electrons. The molecule has 1 aliphatic heterocycles. The fourth-order valence-electron chi connectivity index (χ4n) is 6.52. The maximum atomic E-state index is 12.9. The van der Waals surface area contributed by atoms with Crippen molar-refractivity contribution >= 4 is 28.7 Å². The van der Waals surface area contributed by atoms with E-state index in [1.165, 1.54) is 18.0 Å². The second kappa shape index (κ2) is 16.2. The average molecular weight is 752 g/mol. The van der Waals surface area contributed by atoms with Gasteiger partial charge in [0.05, 0.1) is 41.7 Å². The minimum Gasteiger partial charge on any atom is -0.508 e. The maximum absolute atomic E-state index is 12.9. The highest BCUT2D eigenvalue weighted by Gasteiger charge is 2.38. The van der Waals surface area contributed by atoms with Gasteiger partial charge in [0.1, 0.15) is 11.4 Å². The number of benzene rings is 5. The van der Waals surface area contributed by atoms with E-state index in [-0.39, 0.29) is 42.1 Å². The number of aromatic nitrogens is 6. The number of thioether (sulfide) groups is 1. The molecule has 0 bridgehead atoms. The van der Waals surface area contributed by atoms with Gasteiger partial charge in [-0.15, -0.1) is 5.10 Å². The summed E-state index contributed by atoms with van der Waals surface area (Å²) in [4.78, 5) is 21.7. The van der Waals surface area contributed by atoms with Crippen LogP contribution in [0.5, 0.6) is 5.75 Å². The van der Waals surface area contributed by atoms with Crippen LogP contribution in [0.3, 0.4) is 0 Å². The van der Waals surface area contributed by atoms with E-state index in [9.17, 15) is 15.0 Å². The van der Waals surface area contributed by atoms with Gasteiger partial charge < -0.3 is 25.0 Å². The second-order valence-corrected chi connectivity index (χ2v) is 14.3. The minimum atomic E-state index is -0.647. The molecule has 276 valence electrons. The van der Waals surface area contributed by atoms with Crippen LogP contribution >= 0.6 is 11.8 Å². The van der Waals surface area contributed by atoms with Crippen molar-refractivity contribution in [2.75, 3.05) is 5.75 Å². The molecule has 12 nitrogen and oxygen atoms in total. The lowest BCUT2D eigenvalue weighted by Gasteiger charge is -2.41. The Labute approximate surface area is 321 Å². The third kappa shape index (κ3) is 8.10. The Kier molecular flexibility index (Phi) is 10.6. The first-order valence-electron chi connectivity index (χ1n) is 17.8. The first kappa shape index (κ1) is 36.0. The summed E-state index contributed by atoms with van der Waals surface area (Å²) < 4.78 is 15.0. The molecule has 4 atom stereocenters. The second-order valence-electron chi connectivity index (χ2n) is 13.3. The Balaban J connectivity index is 0.978. The summed E-state index contributed by atoms with van der Waals surface area (Å²) in [6.07, 6.45) is 0.336. The van der Waals surface area contributed by atoms with Crippen LogP contribution in [0.2, 0.25) is 0 Å². The van der Waals surface area contributed by atoms with Crippen molar-refractivity contribution < 1.29 is 24.5 Å². The lowest BCUT2D eigenvalue weighted by atomic mass is 9.91. The van der Waals surface area contributed by atoms with Gasteiger partial charge in [-0.05, 0) is 80.7 Å². The molecule has 5 aromatic carbocycles. The number of hydrogen-bond donors (Lipinski definition) is 3. The highest BCUT2D eigenvalue weighted by molar-refractivity contribution is 7.99. The lowest BCUT2D eigenvalue weighted by molar-refractivity contribution is -0.268. The van der Waals surface area contributed by atoms with Gasteiger partial charge in [0.25, 0.3) is 5.91 Å². The van der Waals surface area contributed by atoms with Crippen molar-refractivity contribution in [2.45, 2.75) is 43.7 Å². The molecular formula is C42H37N7O5S. The standard InChI is InChI=1S/C42H37N7O5S/c1-26-38(25-55-42-46-47-48-49(42)33-17-19-34(51)20-18-33)53-41(54-39(26)30-11-9-27(24-50)10-12-30)31-15-13-29(14-16-31)32-6-4-5-28(21-32)22-44-40(52)37-23-43-35-7-2-3-8-36(35)45-37/h2-21,23,26,38-39,41,50-51H,22,24-25H2,1H3,(H,44,52)/t26-,38+,39+,41+/m1/s1. The number of aromatic hydroxyl groups is 1. The molecule has 55 heavy (non-hydrogen) atoms. The Morgan fingerprint density at radius 2 is 1.60 bits per heavy atom. The molecule has 3 N–H and O–H groups in total. The van der Waals surface area contributed by atoms with Crippen molar-refractivity contribution in [3.63, 3.8) is 0 Å². The minimum absolute atomic E-state index is 0.0301. The Morgan fingerprint density at radius 1 is 0.836 bits per heavy atom. The van der Waals surface area contributed by atoms with Gasteiger partial charge >= 0.3 is 0 Å². The summed E-state index contributed by atoms with van der Waals surface area (Å²) in [5, 5.41) is 35.3. The fraction of sp³-hybridized carbons (Fsp3) is 0.190. The summed E-state index contributed by atoms with van der Waals surface area (Å²) in [6.45, 7) is 2.41. The molecule has 13 heteroatoms. The van der Waals surface area contributed by atoms with E-state index in [1.807, 2.05) is 91.0 Å². The number of hydrogen-bond acceptors (Lipinski definition) is 11. The number of nitrogens with zero attached hydrogens (tertiary/aromatic N) is 6. The normalized spacial score (nSPS) is 18.3. The van der Waals surface area contributed by atoms with Gasteiger partial charge in [0.2, 0.25) is 5.16 Å². The molecule has 1 saturated heterocycles. The molecule has 2 aromatic heterocycles. The van der Waals surface area contributed by atoms with Crippen LogP contribution in [-0.4, -0.2) is 58.2 Å². The monoisotopic (exact) mass is 751 g/mol. The summed E-state index contributed by atoms with van der Waals surface area (Å²) in [7, 11) is 0. The van der Waals surface area contributed by atoms with Crippen LogP contribution in [0.25, 0.3) is 27.8 Å². The van der Waals surface area contributed by atoms with E-state index >= 15 is 0 Å². The first-order chi connectivity index (χ1) is 26.9. The Bertz CT molecular complexity index is 2410. The van der Waals surface area contributed by atoms with Crippen molar-refractivity contribution in [2.24, 2.45) is 5.92 Å². The number of rotatable bonds is 11. The largest absolute Gasteiger partial charge is 0.508 e. The Morgan fingerprint density at radius 3 is 2.38 bits per heavy atom. The summed E-state index contributed by atoms with van der Waals surface area (Å²) in [5.74, 6) is 0.401. The van der Waals surface area contributed by atoms with Gasteiger partial charge in [0.15, 0.2) is 6.29 Å². The number of phenolic OH excluding ortho intramolecular Hbond substituents is 1. The molecular weight excluding hydrogens is 715 g/mol. The topological polar surface area (TPSA) is 157 Å². The van der Waals surface area contributed by atoms with E-state index in [1.54, 1.807) is 28.9 Å². The molecule has 8 rings (SSSR count). The predicted molar refractivity (Wildman–Crippen MR) is 207 cm³/mol. The number of fused-ring (bicyclic) bond motifs is 1. The summed E-state index contributed by atoms with van der Waals surface area (Å²) >= 11 is 1.49. The highest BCUT2D eigenvalue weighted by Crippen LogP contribution is 2.43. The zero-order valence-electron chi connectivity index (χ0n) is 29.8. The third-order valence-corrected chi connectivity index (χ3v) is 10.6. The quantitative estimate of drug-likeness (QED) is 0.117. The van der Waals surface area contributed by atoms with Gasteiger partial charge in [-0.1, -0.05) is 97.5 Å². The number of aliphatic hydroxyl groups is 1. The molecule has 1 fully saturated rings. The van der Waals surface area contributed by atoms with Gasteiger partial charge in [-0.2, -0.15) is 4.68 Å². The van der Waals surface area contributed by atoms with Gasteiger partial charge in [0, 0.05) is 23.8 Å². The summed E-state index contributed by atoms with van der Waals surface area (Å²) in [6, 6.07) is 38.2. The SMILES string of the molecule is C[C@@H]1[C@H](CSc2nnnn2-c2ccc(O)cc2)O[C@H](c2ccc(-c3cccc(CNC(=O)c4cnc5ccccc5n4)c3)cc2)O[C@@H]1c1ccc(CO)cc1. The predicted octanol–water partition coefficient (Wildman–Crippen LogP) is 6.98. The molecule has 1 aliphatic rings. The van der Waals surface area contributed by atoms with E-state index in [4.69, 9.17) is 9.47 Å². The molecule has 0 saturated carbocycles. The van der Waals surface area contributed by atoms with Crippen LogP contribution in [0.15, 0.2) is 133 Å². The van der Waals surface area contributed by atoms with Crippen LogP contribution in [0.1, 0.15) is 52.1 Å². The third-order valence-electron chi connectivity index (χ3n) is 9.61. The molecule has 7 aromatic rings. The van der Waals surface area contributed by atoms with E-state index in [2.05, 4.69) is 43.8 Å². The number of carbonyl (C=O) groups excluding carboxylic acids is 1.